The molecular formula is C24H23CoN2O2. The predicted molar refractivity (Wildman–Crippen MR) is 112 cm³/mol. The van der Waals surface area contributed by atoms with Crippen molar-refractivity contribution >= 4 is 17.5 Å². The maximum absolute atomic E-state index is 12.5. The van der Waals surface area contributed by atoms with Gasteiger partial charge in [-0.3, -0.25) is 14.5 Å². The molecule has 0 saturated carbocycles. The summed E-state index contributed by atoms with van der Waals surface area (Å²) in [5.74, 6) is -0.00369. The molecule has 0 spiro atoms. The van der Waals surface area contributed by atoms with E-state index >= 15 is 0 Å². The molecule has 4 nitrogen and oxygen atoms in total. The number of nitrogens with one attached hydrogen (secondary N) is 1. The monoisotopic (exact) mass is 430 g/mol. The van der Waals surface area contributed by atoms with Crippen LogP contribution >= 0.6 is 0 Å². The van der Waals surface area contributed by atoms with Crippen molar-refractivity contribution in [2.24, 2.45) is 0 Å². The Bertz CT molecular complexity index is 947. The summed E-state index contributed by atoms with van der Waals surface area (Å²) < 4.78 is 0. The van der Waals surface area contributed by atoms with E-state index in [-0.39, 0.29) is 40.0 Å². The minimum absolute atomic E-state index is 0. The number of carbonyl (C=O) groups excluding carboxylic acids is 2. The Balaban J connectivity index is 0.000000352. The molecule has 0 unspecified atom stereocenters. The average molecular weight is 430 g/mol. The van der Waals surface area contributed by atoms with E-state index in [9.17, 15) is 9.59 Å². The zero-order chi connectivity index (χ0) is 19.6. The number of benzene rings is 1. The SMILES string of the molecule is CC(=O)NCC[C@]12C=CC=C3C=CC(=O)N(c4ccccc41)[C@@H]32.[CH]1C=CC=C1.[Co]. The van der Waals surface area contributed by atoms with E-state index in [0.717, 1.165) is 23.2 Å². The van der Waals surface area contributed by atoms with Crippen LogP contribution < -0.4 is 10.2 Å². The maximum atomic E-state index is 12.5. The van der Waals surface area contributed by atoms with Gasteiger partial charge in [-0.2, -0.15) is 0 Å². The summed E-state index contributed by atoms with van der Waals surface area (Å²) in [6.07, 6.45) is 20.7. The fraction of sp³-hybridized carbons (Fsp3) is 0.208. The van der Waals surface area contributed by atoms with E-state index < -0.39 is 0 Å². The van der Waals surface area contributed by atoms with Crippen LogP contribution in [0.15, 0.2) is 84.5 Å². The molecule has 0 aromatic heterocycles. The number of anilines is 1. The van der Waals surface area contributed by atoms with Crippen LogP contribution in [-0.2, 0) is 31.8 Å². The zero-order valence-corrected chi connectivity index (χ0v) is 17.2. The number of hydrogen-bond acceptors (Lipinski definition) is 2. The van der Waals surface area contributed by atoms with Gasteiger partial charge in [-0.05, 0) is 23.6 Å². The number of para-hydroxylation sites is 1. The number of hydrogen-bond donors (Lipinski definition) is 1. The largest absolute Gasteiger partial charge is 0.356 e. The summed E-state index contributed by atoms with van der Waals surface area (Å²) in [6.45, 7) is 2.12. The molecule has 4 aliphatic rings. The smallest absolute Gasteiger partial charge is 0.251 e. The van der Waals surface area contributed by atoms with Crippen LogP contribution in [0.2, 0.25) is 0 Å². The molecule has 2 aliphatic heterocycles. The Labute approximate surface area is 181 Å². The molecule has 2 atom stereocenters. The van der Waals surface area contributed by atoms with Crippen molar-refractivity contribution in [2.75, 3.05) is 11.4 Å². The Morgan fingerprint density at radius 1 is 1.10 bits per heavy atom. The number of rotatable bonds is 3. The van der Waals surface area contributed by atoms with Gasteiger partial charge in [0.05, 0.1) is 6.04 Å². The third-order valence-corrected chi connectivity index (χ3v) is 5.53. The molecule has 1 aromatic rings. The van der Waals surface area contributed by atoms with Crippen LogP contribution in [0.1, 0.15) is 18.9 Å². The number of fused-ring (bicyclic) bond motifs is 3. The van der Waals surface area contributed by atoms with E-state index in [0.29, 0.717) is 6.54 Å². The predicted octanol–water partition coefficient (Wildman–Crippen LogP) is 3.55. The van der Waals surface area contributed by atoms with Crippen molar-refractivity contribution in [3.8, 4) is 0 Å². The number of nitrogens with zero attached hydrogens (tertiary/aromatic N) is 1. The fourth-order valence-electron chi connectivity index (χ4n) is 4.40. The second-order valence-corrected chi connectivity index (χ2v) is 7.22. The summed E-state index contributed by atoms with van der Waals surface area (Å²) in [6, 6.07) is 8.08. The third-order valence-electron chi connectivity index (χ3n) is 5.53. The van der Waals surface area contributed by atoms with E-state index in [2.05, 4.69) is 29.6 Å². The van der Waals surface area contributed by atoms with Gasteiger partial charge in [0, 0.05) is 53.8 Å². The van der Waals surface area contributed by atoms with Gasteiger partial charge in [-0.1, -0.05) is 66.8 Å². The van der Waals surface area contributed by atoms with Crippen molar-refractivity contribution in [2.45, 2.75) is 24.8 Å². The number of carbonyl (C=O) groups is 2. The molecule has 2 amide bonds. The molecule has 150 valence electrons. The summed E-state index contributed by atoms with van der Waals surface area (Å²) in [5.41, 5.74) is 3.01. The van der Waals surface area contributed by atoms with Gasteiger partial charge in [-0.15, -0.1) is 0 Å². The second kappa shape index (κ2) is 8.80. The van der Waals surface area contributed by atoms with Gasteiger partial charge in [0.1, 0.15) is 0 Å². The first-order chi connectivity index (χ1) is 13.6. The third kappa shape index (κ3) is 3.80. The van der Waals surface area contributed by atoms with Crippen LogP contribution in [0.4, 0.5) is 5.69 Å². The average Bonchev–Trinajstić information content (AvgIpc) is 3.35. The van der Waals surface area contributed by atoms with Crippen LogP contribution in [0.25, 0.3) is 0 Å². The molecule has 0 fully saturated rings. The summed E-state index contributed by atoms with van der Waals surface area (Å²) in [5, 5.41) is 2.89. The molecule has 2 heterocycles. The first kappa shape index (κ1) is 21.1. The van der Waals surface area contributed by atoms with Crippen molar-refractivity contribution in [3.05, 3.63) is 96.5 Å². The Morgan fingerprint density at radius 2 is 1.86 bits per heavy atom. The standard InChI is InChI=1S/C19H18N2O2.C5H5.Co/c1-13(22)20-12-11-19-10-4-5-14-8-9-17(23)21(18(14)19)16-7-3-2-6-15(16)19;1-2-4-5-3-1;/h2-10,18H,11-12H2,1H3,(H,20,22);1-5H;/t18-,19+;;/m0../s1. The van der Waals surface area contributed by atoms with E-state index in [1.54, 1.807) is 6.08 Å². The molecule has 0 saturated heterocycles. The fourth-order valence-corrected chi connectivity index (χ4v) is 4.40. The van der Waals surface area contributed by atoms with Gasteiger partial charge in [0.25, 0.3) is 5.91 Å². The van der Waals surface area contributed by atoms with Gasteiger partial charge < -0.3 is 5.32 Å². The maximum Gasteiger partial charge on any atom is 0.251 e. The molecular weight excluding hydrogens is 407 g/mol. The first-order valence-corrected chi connectivity index (χ1v) is 9.55. The van der Waals surface area contributed by atoms with E-state index in [1.807, 2.05) is 59.9 Å². The Hall–Kier alpha value is -2.63. The van der Waals surface area contributed by atoms with Crippen molar-refractivity contribution in [3.63, 3.8) is 0 Å². The van der Waals surface area contributed by atoms with Crippen molar-refractivity contribution in [1.82, 2.24) is 5.32 Å². The topological polar surface area (TPSA) is 49.4 Å². The van der Waals surface area contributed by atoms with Crippen LogP contribution in [-0.4, -0.2) is 24.4 Å². The number of amides is 2. The molecule has 2 radical (unpaired) electrons. The van der Waals surface area contributed by atoms with Crippen LogP contribution in [0.3, 0.4) is 0 Å². The molecule has 5 heteroatoms. The van der Waals surface area contributed by atoms with Crippen molar-refractivity contribution in [1.29, 1.82) is 0 Å². The molecule has 1 N–H and O–H groups in total. The Kier molecular flexibility index (Phi) is 6.40. The minimum atomic E-state index is -0.274. The van der Waals surface area contributed by atoms with Gasteiger partial charge in [-0.25, -0.2) is 0 Å². The van der Waals surface area contributed by atoms with Crippen LogP contribution in [0.5, 0.6) is 0 Å². The molecule has 0 bridgehead atoms. The van der Waals surface area contributed by atoms with Gasteiger partial charge in [0.2, 0.25) is 5.91 Å². The zero-order valence-electron chi connectivity index (χ0n) is 16.2. The normalized spacial score (nSPS) is 24.2. The summed E-state index contributed by atoms with van der Waals surface area (Å²) in [7, 11) is 0. The molecule has 5 rings (SSSR count). The quantitative estimate of drug-likeness (QED) is 0.798. The molecule has 2 aliphatic carbocycles. The number of allylic oxidation sites excluding steroid dienone is 6. The van der Waals surface area contributed by atoms with Gasteiger partial charge >= 0.3 is 0 Å². The van der Waals surface area contributed by atoms with Crippen molar-refractivity contribution < 1.29 is 26.4 Å². The first-order valence-electron chi connectivity index (χ1n) is 9.55. The van der Waals surface area contributed by atoms with Gasteiger partial charge in [0.15, 0.2) is 0 Å². The molecule has 29 heavy (non-hydrogen) atoms. The summed E-state index contributed by atoms with van der Waals surface area (Å²) >= 11 is 0. The van der Waals surface area contributed by atoms with E-state index in [4.69, 9.17) is 0 Å². The Morgan fingerprint density at radius 3 is 2.55 bits per heavy atom. The van der Waals surface area contributed by atoms with Crippen LogP contribution in [0, 0.1) is 6.42 Å². The summed E-state index contributed by atoms with van der Waals surface area (Å²) in [4.78, 5) is 25.7. The second-order valence-electron chi connectivity index (χ2n) is 7.22. The minimum Gasteiger partial charge on any atom is -0.356 e. The molecule has 1 aromatic carbocycles. The van der Waals surface area contributed by atoms with E-state index in [1.165, 1.54) is 6.92 Å².